The highest BCUT2D eigenvalue weighted by atomic mass is 35.5. The molecule has 1 unspecified atom stereocenters. The molecule has 0 aliphatic heterocycles. The molecule has 190 valence electrons. The summed E-state index contributed by atoms with van der Waals surface area (Å²) >= 11 is 5.98. The number of hydrogen-bond acceptors (Lipinski definition) is 5. The highest BCUT2D eigenvalue weighted by Crippen LogP contribution is 2.33. The summed E-state index contributed by atoms with van der Waals surface area (Å²) < 4.78 is 64.4. The van der Waals surface area contributed by atoms with E-state index in [0.717, 1.165) is 18.2 Å². The lowest BCUT2D eigenvalue weighted by atomic mass is 10.1. The fourth-order valence-corrected chi connectivity index (χ4v) is 4.38. The Balaban J connectivity index is 1.73. The molecule has 3 amide bonds. The van der Waals surface area contributed by atoms with Crippen LogP contribution in [0.25, 0.3) is 0 Å². The number of anilines is 3. The molecule has 0 radical (unpaired) electrons. The molecule has 0 aliphatic carbocycles. The van der Waals surface area contributed by atoms with Gasteiger partial charge in [-0.05, 0) is 61.5 Å². The number of benzene rings is 3. The van der Waals surface area contributed by atoms with Crippen molar-refractivity contribution in [2.24, 2.45) is 0 Å². The fourth-order valence-electron chi connectivity index (χ4n) is 2.81. The average molecular weight is 542 g/mol. The van der Waals surface area contributed by atoms with Gasteiger partial charge in [-0.3, -0.25) is 4.79 Å². The molecule has 0 spiro atoms. The van der Waals surface area contributed by atoms with Gasteiger partial charge in [0.2, 0.25) is 15.4 Å². The van der Waals surface area contributed by atoms with Gasteiger partial charge >= 0.3 is 12.2 Å². The van der Waals surface area contributed by atoms with Crippen LogP contribution in [0.3, 0.4) is 0 Å². The van der Waals surface area contributed by atoms with E-state index in [4.69, 9.17) is 11.6 Å². The molecule has 0 aliphatic rings. The second kappa shape index (κ2) is 10.2. The molecule has 13 heteroatoms. The van der Waals surface area contributed by atoms with Gasteiger partial charge in [0.15, 0.2) is 0 Å². The van der Waals surface area contributed by atoms with Gasteiger partial charge in [0.25, 0.3) is 5.91 Å². The maximum Gasteiger partial charge on any atom is 0.426 e. The Labute approximate surface area is 209 Å². The zero-order valence-electron chi connectivity index (χ0n) is 18.4. The molecule has 3 aromatic carbocycles. The summed E-state index contributed by atoms with van der Waals surface area (Å²) in [4.78, 5) is 23.5. The Kier molecular flexibility index (Phi) is 7.62. The maximum atomic E-state index is 13.0. The number of aliphatic hydroxyl groups is 1. The van der Waals surface area contributed by atoms with Crippen molar-refractivity contribution in [2.45, 2.75) is 28.5 Å². The Morgan fingerprint density at radius 1 is 0.833 bits per heavy atom. The first-order valence-corrected chi connectivity index (χ1v) is 12.0. The van der Waals surface area contributed by atoms with Crippen LogP contribution in [-0.4, -0.2) is 37.2 Å². The summed E-state index contributed by atoms with van der Waals surface area (Å²) in [6.07, 6.45) is -5.24. The topological polar surface area (TPSA) is 125 Å². The lowest BCUT2D eigenvalue weighted by Crippen LogP contribution is -2.52. The summed E-state index contributed by atoms with van der Waals surface area (Å²) in [5, 5.41) is 16.1. The molecule has 0 bridgehead atoms. The van der Waals surface area contributed by atoms with E-state index in [0.29, 0.717) is 11.4 Å². The van der Waals surface area contributed by atoms with Crippen LogP contribution < -0.4 is 16.0 Å². The largest absolute Gasteiger partial charge is 0.426 e. The second-order valence-electron chi connectivity index (χ2n) is 7.64. The number of sulfone groups is 1. The minimum absolute atomic E-state index is 0.149. The van der Waals surface area contributed by atoms with Crippen molar-refractivity contribution >= 4 is 50.4 Å². The normalized spacial score (nSPS) is 13.4. The van der Waals surface area contributed by atoms with E-state index < -0.39 is 33.6 Å². The number of carbonyl (C=O) groups excluding carboxylic acids is 2. The number of halogens is 4. The van der Waals surface area contributed by atoms with Gasteiger partial charge in [-0.1, -0.05) is 29.8 Å². The summed E-state index contributed by atoms with van der Waals surface area (Å²) in [7, 11) is -4.11. The van der Waals surface area contributed by atoms with Crippen molar-refractivity contribution in [3.05, 3.63) is 77.8 Å². The van der Waals surface area contributed by atoms with Crippen LogP contribution in [0, 0.1) is 0 Å². The van der Waals surface area contributed by atoms with E-state index in [-0.39, 0.29) is 27.4 Å². The molecule has 36 heavy (non-hydrogen) atoms. The minimum Gasteiger partial charge on any atom is -0.373 e. The van der Waals surface area contributed by atoms with Gasteiger partial charge in [-0.2, -0.15) is 13.2 Å². The number of urea groups is 1. The predicted octanol–water partition coefficient (Wildman–Crippen LogP) is 5.07. The van der Waals surface area contributed by atoms with Crippen LogP contribution in [0.2, 0.25) is 5.02 Å². The number of para-hydroxylation sites is 1. The summed E-state index contributed by atoms with van der Waals surface area (Å²) in [6.45, 7) is 0.277. The maximum absolute atomic E-state index is 13.0. The van der Waals surface area contributed by atoms with Crippen LogP contribution in [0.5, 0.6) is 0 Å². The molecule has 0 heterocycles. The third-order valence-electron chi connectivity index (χ3n) is 4.95. The Morgan fingerprint density at radius 2 is 1.36 bits per heavy atom. The quantitative estimate of drug-likeness (QED) is 0.347. The van der Waals surface area contributed by atoms with E-state index in [1.54, 1.807) is 30.3 Å². The van der Waals surface area contributed by atoms with Crippen molar-refractivity contribution in [1.82, 2.24) is 0 Å². The van der Waals surface area contributed by atoms with E-state index in [1.807, 2.05) is 5.32 Å². The lowest BCUT2D eigenvalue weighted by Gasteiger charge is -2.25. The smallest absolute Gasteiger partial charge is 0.373 e. The van der Waals surface area contributed by atoms with Gasteiger partial charge in [0.1, 0.15) is 0 Å². The number of alkyl halides is 3. The van der Waals surface area contributed by atoms with E-state index in [2.05, 4.69) is 10.6 Å². The van der Waals surface area contributed by atoms with E-state index in [1.165, 1.54) is 24.3 Å². The number of nitrogens with one attached hydrogen (secondary N) is 3. The summed E-state index contributed by atoms with van der Waals surface area (Å²) in [6, 6.07) is 16.3. The molecule has 1 atom stereocenters. The first-order valence-electron chi connectivity index (χ1n) is 10.1. The summed E-state index contributed by atoms with van der Waals surface area (Å²) in [5.74, 6) is -1.79. The van der Waals surface area contributed by atoms with Crippen molar-refractivity contribution in [3.63, 3.8) is 0 Å². The predicted molar refractivity (Wildman–Crippen MR) is 128 cm³/mol. The van der Waals surface area contributed by atoms with Gasteiger partial charge in [-0.15, -0.1) is 0 Å². The second-order valence-corrected chi connectivity index (χ2v) is 10.00. The van der Waals surface area contributed by atoms with Crippen LogP contribution in [0.1, 0.15) is 6.92 Å². The number of hydrogen-bond donors (Lipinski definition) is 4. The van der Waals surface area contributed by atoms with Crippen LogP contribution >= 0.6 is 11.6 Å². The lowest BCUT2D eigenvalue weighted by molar-refractivity contribution is -0.242. The monoisotopic (exact) mass is 541 g/mol. The first-order chi connectivity index (χ1) is 16.7. The van der Waals surface area contributed by atoms with Crippen LogP contribution in [-0.2, 0) is 14.6 Å². The third-order valence-corrected chi connectivity index (χ3v) is 7.03. The van der Waals surface area contributed by atoms with Crippen molar-refractivity contribution in [1.29, 1.82) is 0 Å². The molecular formula is C23H19ClF3N3O5S. The molecular weight excluding hydrogens is 523 g/mol. The summed E-state index contributed by atoms with van der Waals surface area (Å²) in [5.41, 5.74) is -3.13. The van der Waals surface area contributed by atoms with Crippen molar-refractivity contribution < 1.29 is 36.3 Å². The van der Waals surface area contributed by atoms with Gasteiger partial charge in [0, 0.05) is 11.4 Å². The molecule has 0 aromatic heterocycles. The molecule has 3 aromatic rings. The van der Waals surface area contributed by atoms with Crippen molar-refractivity contribution in [3.8, 4) is 0 Å². The molecule has 0 saturated carbocycles. The highest BCUT2D eigenvalue weighted by Gasteiger charge is 2.55. The number of carbonyl (C=O) groups is 2. The SMILES string of the molecule is CC(O)(C(=O)Nc1ccc(S(=O)(=O)c2ccc(NC(=O)Nc3ccccc3)cc2)cc1Cl)C(F)(F)F. The van der Waals surface area contributed by atoms with Crippen molar-refractivity contribution in [2.75, 3.05) is 16.0 Å². The average Bonchev–Trinajstić information content (AvgIpc) is 2.80. The van der Waals surface area contributed by atoms with Crippen LogP contribution in [0.4, 0.5) is 35.0 Å². The van der Waals surface area contributed by atoms with E-state index in [9.17, 15) is 36.3 Å². The Hall–Kier alpha value is -3.61. The fraction of sp³-hybridized carbons (Fsp3) is 0.130. The molecule has 0 fully saturated rings. The van der Waals surface area contributed by atoms with Crippen LogP contribution in [0.15, 0.2) is 82.6 Å². The standard InChI is InChI=1S/C23H19ClF3N3O5S/c1-22(33,23(25,26)27)20(31)30-19-12-11-17(13-18(19)24)36(34,35)16-9-7-15(8-10-16)29-21(32)28-14-5-3-2-4-6-14/h2-13,33H,1H3,(H,30,31)(H2,28,29,32). The zero-order chi connectivity index (χ0) is 26.7. The molecule has 4 N–H and O–H groups in total. The Morgan fingerprint density at radius 3 is 1.89 bits per heavy atom. The molecule has 8 nitrogen and oxygen atoms in total. The minimum atomic E-state index is -5.24. The zero-order valence-corrected chi connectivity index (χ0v) is 20.0. The van der Waals surface area contributed by atoms with Gasteiger partial charge in [-0.25, -0.2) is 13.2 Å². The Bertz CT molecular complexity index is 1380. The van der Waals surface area contributed by atoms with Gasteiger partial charge < -0.3 is 21.1 Å². The van der Waals surface area contributed by atoms with E-state index >= 15 is 0 Å². The molecule has 3 rings (SSSR count). The number of rotatable bonds is 6. The third kappa shape index (κ3) is 5.96. The molecule has 0 saturated heterocycles. The first kappa shape index (κ1) is 27.0. The highest BCUT2D eigenvalue weighted by molar-refractivity contribution is 7.91. The number of amides is 3. The van der Waals surface area contributed by atoms with Gasteiger partial charge in [0.05, 0.1) is 20.5 Å².